The summed E-state index contributed by atoms with van der Waals surface area (Å²) in [4.78, 5) is 0. The lowest BCUT2D eigenvalue weighted by Crippen LogP contribution is -2.48. The second-order valence-corrected chi connectivity index (χ2v) is 4.98. The Balaban J connectivity index is 2.05. The Morgan fingerprint density at radius 1 is 1.35 bits per heavy atom. The number of nitrogens with one attached hydrogen (secondary N) is 1. The summed E-state index contributed by atoms with van der Waals surface area (Å²) in [5, 5.41) is 3.36. The Hall–Kier alpha value is -1.04. The van der Waals surface area contributed by atoms with E-state index in [1.165, 1.54) is 12.1 Å². The average Bonchev–Trinajstić information content (AvgIpc) is 2.46. The summed E-state index contributed by atoms with van der Waals surface area (Å²) < 4.78 is 37.8. The molecule has 3 nitrogen and oxygen atoms in total. The van der Waals surface area contributed by atoms with Gasteiger partial charge < -0.3 is 14.8 Å². The molecule has 0 spiro atoms. The molecule has 1 fully saturated rings. The first kappa shape index (κ1) is 15.4. The summed E-state index contributed by atoms with van der Waals surface area (Å²) in [6.45, 7) is 4.56. The number of rotatable bonds is 6. The smallest absolute Gasteiger partial charge is 0.129 e. The normalized spacial score (nSPS) is 20.9. The highest BCUT2D eigenvalue weighted by molar-refractivity contribution is 5.20. The minimum atomic E-state index is -0.554. The maximum absolute atomic E-state index is 13.8. The van der Waals surface area contributed by atoms with Crippen LogP contribution in [0.2, 0.25) is 0 Å². The van der Waals surface area contributed by atoms with Gasteiger partial charge in [0.1, 0.15) is 11.6 Å². The third-order valence-corrected chi connectivity index (χ3v) is 3.40. The highest BCUT2D eigenvalue weighted by Crippen LogP contribution is 2.16. The van der Waals surface area contributed by atoms with Crippen LogP contribution in [0, 0.1) is 11.6 Å². The van der Waals surface area contributed by atoms with Crippen molar-refractivity contribution in [3.8, 4) is 0 Å². The van der Waals surface area contributed by atoms with E-state index in [0.29, 0.717) is 31.8 Å². The molecule has 2 atom stereocenters. The molecule has 1 aromatic rings. The van der Waals surface area contributed by atoms with E-state index in [0.717, 1.165) is 19.0 Å². The largest absolute Gasteiger partial charge is 0.376 e. The predicted octanol–water partition coefficient (Wildman–Crippen LogP) is 2.29. The Bertz CT molecular complexity index is 422. The zero-order chi connectivity index (χ0) is 14.4. The first-order valence-electron chi connectivity index (χ1n) is 7.07. The zero-order valence-corrected chi connectivity index (χ0v) is 11.7. The maximum Gasteiger partial charge on any atom is 0.129 e. The number of benzene rings is 1. The van der Waals surface area contributed by atoms with Crippen molar-refractivity contribution in [1.82, 2.24) is 5.32 Å². The molecule has 0 aliphatic carbocycles. The third kappa shape index (κ3) is 4.23. The molecule has 2 unspecified atom stereocenters. The topological polar surface area (TPSA) is 30.5 Å². The average molecular weight is 285 g/mol. The van der Waals surface area contributed by atoms with Gasteiger partial charge in [-0.3, -0.25) is 0 Å². The molecule has 1 aliphatic rings. The van der Waals surface area contributed by atoms with Gasteiger partial charge in [-0.15, -0.1) is 0 Å². The van der Waals surface area contributed by atoms with Gasteiger partial charge in [-0.1, -0.05) is 13.0 Å². The van der Waals surface area contributed by atoms with Gasteiger partial charge in [0.05, 0.1) is 25.9 Å². The summed E-state index contributed by atoms with van der Waals surface area (Å²) in [7, 11) is 0. The SMILES string of the molecule is CCCNC(Cc1ccc(F)cc1F)C1COCCO1. The summed E-state index contributed by atoms with van der Waals surface area (Å²) in [5.74, 6) is -1.06. The fourth-order valence-corrected chi connectivity index (χ4v) is 2.33. The van der Waals surface area contributed by atoms with Crippen LogP contribution in [0.4, 0.5) is 8.78 Å². The van der Waals surface area contributed by atoms with Gasteiger partial charge >= 0.3 is 0 Å². The van der Waals surface area contributed by atoms with Gasteiger partial charge in [0.15, 0.2) is 0 Å². The van der Waals surface area contributed by atoms with Crippen molar-refractivity contribution in [1.29, 1.82) is 0 Å². The molecule has 0 amide bonds. The van der Waals surface area contributed by atoms with Crippen LogP contribution in [0.25, 0.3) is 0 Å². The monoisotopic (exact) mass is 285 g/mol. The van der Waals surface area contributed by atoms with Crippen molar-refractivity contribution in [3.05, 3.63) is 35.4 Å². The Kier molecular flexibility index (Phi) is 5.88. The molecule has 1 N–H and O–H groups in total. The van der Waals surface area contributed by atoms with E-state index < -0.39 is 11.6 Å². The Labute approximate surface area is 118 Å². The van der Waals surface area contributed by atoms with Crippen molar-refractivity contribution >= 4 is 0 Å². The fourth-order valence-electron chi connectivity index (χ4n) is 2.33. The van der Waals surface area contributed by atoms with E-state index >= 15 is 0 Å². The molecule has 1 aliphatic heterocycles. The van der Waals surface area contributed by atoms with Crippen LogP contribution in [0.5, 0.6) is 0 Å². The molecule has 1 saturated heterocycles. The molecule has 0 bridgehead atoms. The van der Waals surface area contributed by atoms with E-state index in [1.807, 2.05) is 0 Å². The summed E-state index contributed by atoms with van der Waals surface area (Å²) in [5.41, 5.74) is 0.495. The van der Waals surface area contributed by atoms with Gasteiger partial charge in [-0.2, -0.15) is 0 Å². The van der Waals surface area contributed by atoms with Crippen LogP contribution in [-0.2, 0) is 15.9 Å². The number of halogens is 2. The standard InChI is InChI=1S/C15H21F2NO2/c1-2-5-18-14(15-10-19-6-7-20-15)8-11-3-4-12(16)9-13(11)17/h3-4,9,14-15,18H,2,5-8,10H2,1H3. The van der Waals surface area contributed by atoms with Crippen LogP contribution < -0.4 is 5.32 Å². The van der Waals surface area contributed by atoms with E-state index in [9.17, 15) is 8.78 Å². The molecule has 5 heteroatoms. The lowest BCUT2D eigenvalue weighted by atomic mass is 10.0. The molecule has 2 rings (SSSR count). The van der Waals surface area contributed by atoms with Crippen molar-refractivity contribution < 1.29 is 18.3 Å². The minimum absolute atomic E-state index is 0.0322. The Morgan fingerprint density at radius 2 is 2.20 bits per heavy atom. The van der Waals surface area contributed by atoms with Gasteiger partial charge in [0, 0.05) is 12.1 Å². The molecule has 0 aromatic heterocycles. The molecule has 1 aromatic carbocycles. The van der Waals surface area contributed by atoms with E-state index in [2.05, 4.69) is 12.2 Å². The summed E-state index contributed by atoms with van der Waals surface area (Å²) in [6, 6.07) is 3.67. The lowest BCUT2D eigenvalue weighted by Gasteiger charge is -2.31. The van der Waals surface area contributed by atoms with E-state index in [-0.39, 0.29) is 12.1 Å². The number of hydrogen-bond donors (Lipinski definition) is 1. The van der Waals surface area contributed by atoms with Crippen LogP contribution in [0.15, 0.2) is 18.2 Å². The predicted molar refractivity (Wildman–Crippen MR) is 72.7 cm³/mol. The van der Waals surface area contributed by atoms with Crippen LogP contribution in [0.1, 0.15) is 18.9 Å². The number of ether oxygens (including phenoxy) is 2. The highest BCUT2D eigenvalue weighted by Gasteiger charge is 2.25. The Morgan fingerprint density at radius 3 is 2.85 bits per heavy atom. The molecule has 20 heavy (non-hydrogen) atoms. The second kappa shape index (κ2) is 7.67. The molecular formula is C15H21F2NO2. The van der Waals surface area contributed by atoms with Crippen molar-refractivity contribution in [2.24, 2.45) is 0 Å². The fraction of sp³-hybridized carbons (Fsp3) is 0.600. The molecule has 112 valence electrons. The van der Waals surface area contributed by atoms with E-state index in [4.69, 9.17) is 9.47 Å². The van der Waals surface area contributed by atoms with Crippen LogP contribution in [-0.4, -0.2) is 38.5 Å². The maximum atomic E-state index is 13.8. The zero-order valence-electron chi connectivity index (χ0n) is 11.7. The minimum Gasteiger partial charge on any atom is -0.376 e. The third-order valence-electron chi connectivity index (χ3n) is 3.40. The van der Waals surface area contributed by atoms with Crippen molar-refractivity contribution in [2.45, 2.75) is 31.9 Å². The first-order valence-corrected chi connectivity index (χ1v) is 7.07. The lowest BCUT2D eigenvalue weighted by molar-refractivity contribution is -0.101. The molecule has 0 radical (unpaired) electrons. The summed E-state index contributed by atoms with van der Waals surface area (Å²) >= 11 is 0. The van der Waals surface area contributed by atoms with Gasteiger partial charge in [0.25, 0.3) is 0 Å². The van der Waals surface area contributed by atoms with Gasteiger partial charge in [-0.25, -0.2) is 8.78 Å². The summed E-state index contributed by atoms with van der Waals surface area (Å²) in [6.07, 6.45) is 1.34. The van der Waals surface area contributed by atoms with Crippen molar-refractivity contribution in [2.75, 3.05) is 26.4 Å². The molecule has 1 heterocycles. The highest BCUT2D eigenvalue weighted by atomic mass is 19.1. The molecular weight excluding hydrogens is 264 g/mol. The van der Waals surface area contributed by atoms with Crippen LogP contribution >= 0.6 is 0 Å². The first-order chi connectivity index (χ1) is 9.70. The van der Waals surface area contributed by atoms with Gasteiger partial charge in [0.2, 0.25) is 0 Å². The quantitative estimate of drug-likeness (QED) is 0.870. The molecule has 0 saturated carbocycles. The van der Waals surface area contributed by atoms with Gasteiger partial charge in [-0.05, 0) is 31.0 Å². The van der Waals surface area contributed by atoms with Crippen LogP contribution in [0.3, 0.4) is 0 Å². The van der Waals surface area contributed by atoms with E-state index in [1.54, 1.807) is 0 Å². The van der Waals surface area contributed by atoms with Crippen molar-refractivity contribution in [3.63, 3.8) is 0 Å². The number of hydrogen-bond acceptors (Lipinski definition) is 3. The second-order valence-electron chi connectivity index (χ2n) is 4.98.